The van der Waals surface area contributed by atoms with Crippen LogP contribution in [0.3, 0.4) is 0 Å². The van der Waals surface area contributed by atoms with Gasteiger partial charge >= 0.3 is 59.5 Å². The fraction of sp³-hybridized carbons (Fsp3) is 0.311. The monoisotopic (exact) mass is 1380 g/mol. The van der Waals surface area contributed by atoms with Crippen molar-refractivity contribution < 1.29 is 68.3 Å². The molecule has 0 saturated carbocycles. The number of aromatic carboxylic acids is 2. The van der Waals surface area contributed by atoms with E-state index < -0.39 is 51.1 Å². The van der Waals surface area contributed by atoms with Crippen LogP contribution in [0.25, 0.3) is 66.8 Å². The normalized spacial score (nSPS) is 11.5. The molecule has 0 aromatic heterocycles. The number of carboxylic acids is 2. The number of alkyl halides is 1. The topological polar surface area (TPSA) is 293 Å². The number of thiocarbonyl (C=S) groups is 2. The molecule has 0 radical (unpaired) electrons. The number of carboxylic acid groups (broad SMARTS) is 2. The van der Waals surface area contributed by atoms with Crippen molar-refractivity contribution >= 4 is 119 Å². The number of halogens is 2. The quantitative estimate of drug-likeness (QED) is 0.00532. The summed E-state index contributed by atoms with van der Waals surface area (Å²) >= 11 is 7.54. The Morgan fingerprint density at radius 2 is 1.06 bits per heavy atom. The van der Waals surface area contributed by atoms with E-state index in [-0.39, 0.29) is 45.0 Å². The van der Waals surface area contributed by atoms with Gasteiger partial charge in [-0.1, -0.05) is 12.1 Å². The Morgan fingerprint density at radius 3 is 1.47 bits per heavy atom. The first kappa shape index (κ1) is 69.2. The van der Waals surface area contributed by atoms with E-state index in [9.17, 15) is 42.5 Å². The van der Waals surface area contributed by atoms with Crippen molar-refractivity contribution in [3.63, 3.8) is 0 Å². The maximum atomic E-state index is 12.5. The number of anilines is 1. The van der Waals surface area contributed by atoms with Crippen LogP contribution < -0.4 is 27.2 Å². The van der Waals surface area contributed by atoms with Crippen LogP contribution in [0.5, 0.6) is 11.5 Å². The number of benzene rings is 6. The third kappa shape index (κ3) is 19.5. The number of nitrogens with zero attached hydrogens (tertiary/aromatic N) is 1. The van der Waals surface area contributed by atoms with Crippen LogP contribution in [0.4, 0.5) is 14.2 Å². The van der Waals surface area contributed by atoms with Crippen molar-refractivity contribution in [2.45, 2.75) is 66.5 Å². The number of hydrogen-bond acceptors (Lipinski definition) is 18. The third-order valence-corrected chi connectivity index (χ3v) is 19.3. The number of isothiocyanates is 1. The zero-order valence-electron chi connectivity index (χ0n) is 50.2. The van der Waals surface area contributed by atoms with Gasteiger partial charge in [0.05, 0.1) is 22.0 Å². The van der Waals surface area contributed by atoms with Crippen LogP contribution in [-0.4, -0.2) is 119 Å². The summed E-state index contributed by atoms with van der Waals surface area (Å²) in [7, 11) is -5.15. The van der Waals surface area contributed by atoms with Gasteiger partial charge in [0.2, 0.25) is 0 Å². The number of nitrogens with one attached hydrogen (secondary N) is 2. The van der Waals surface area contributed by atoms with E-state index in [1.807, 2.05) is 41.5 Å². The van der Waals surface area contributed by atoms with E-state index in [0.717, 1.165) is 12.5 Å². The Morgan fingerprint density at radius 1 is 0.644 bits per heavy atom. The molecule has 4 aromatic rings. The Hall–Kier alpha value is -6.90. The number of aliphatic imine (C=N–C) groups is 1. The second-order valence-corrected chi connectivity index (χ2v) is 25.3. The summed E-state index contributed by atoms with van der Waals surface area (Å²) in [5, 5.41) is 49.7. The Labute approximate surface area is 527 Å². The predicted octanol–water partition coefficient (Wildman–Crippen LogP) is 13.0. The molecule has 26 heteroatoms. The SMILES string of the molecule is CCO[Si](CCCN)(OCC)OCC.CCO[Si](CCCNC(=S)Nc1ccc(-c2c3ccc(=O)cc-3oc3cc(O)ccc23)c(C(=O)O)c1)(OCC)OCC.O=C(O)c1cc(N=C=S)ccc1-c1c2ccc(=O)cc-2oc2cc(O)ccc12.[3H]I(C)F. The fourth-order valence-corrected chi connectivity index (χ4v) is 14.9. The average molecular weight is 1390 g/mol. The third-order valence-electron chi connectivity index (χ3n) is 12.6. The van der Waals surface area contributed by atoms with Crippen molar-refractivity contribution in [1.29, 1.82) is 0.594 Å². The summed E-state index contributed by atoms with van der Waals surface area (Å²) < 4.78 is 63.2. The minimum absolute atomic E-state index is 0.0102. The van der Waals surface area contributed by atoms with Gasteiger partial charge in [-0.3, -0.25) is 9.59 Å². The molecule has 4 aliphatic rings. The van der Waals surface area contributed by atoms with Gasteiger partial charge in [0, 0.05) is 121 Å². The molecule has 0 unspecified atom stereocenters. The Balaban J connectivity index is 0.000000262. The van der Waals surface area contributed by atoms with Crippen molar-refractivity contribution in [3.8, 4) is 56.4 Å². The number of hydrogen-bond donors (Lipinski definition) is 7. The van der Waals surface area contributed by atoms with Crippen molar-refractivity contribution in [2.24, 2.45) is 10.7 Å². The molecule has 2 heterocycles. The van der Waals surface area contributed by atoms with Crippen molar-refractivity contribution in [1.82, 2.24) is 5.32 Å². The molecule has 0 atom stereocenters. The van der Waals surface area contributed by atoms with Gasteiger partial charge in [0.15, 0.2) is 16.0 Å². The number of phenols is 2. The van der Waals surface area contributed by atoms with Crippen LogP contribution in [0.2, 0.25) is 12.1 Å². The molecule has 0 spiro atoms. The van der Waals surface area contributed by atoms with E-state index in [1.54, 1.807) is 48.5 Å². The van der Waals surface area contributed by atoms with Crippen molar-refractivity contribution in [3.05, 3.63) is 141 Å². The summed E-state index contributed by atoms with van der Waals surface area (Å²) in [5.41, 5.74) is 9.65. The molecule has 0 fully saturated rings. The summed E-state index contributed by atoms with van der Waals surface area (Å²) in [5.74, 6) is -1.74. The summed E-state index contributed by atoms with van der Waals surface area (Å²) in [4.78, 5) is 53.4. The van der Waals surface area contributed by atoms with Crippen LogP contribution in [0, 0.1) is 0 Å². The zero-order valence-corrected chi connectivity index (χ0v) is 55.0. The van der Waals surface area contributed by atoms with Gasteiger partial charge in [-0.15, -0.1) is 0 Å². The number of phenolic OH excluding ortho intramolecular Hbond substituents is 2. The standard InChI is InChI=1S/C30H34N2O8SSi.C21H11NO5S.C9H23NO3Si.CH4FI/c1-4-37-42(38-5-2,39-6-3)15-7-14-31-30(41)32-19-8-11-22(25(16-19)29(35)36)28-23-12-9-20(33)17-26(23)40-27-18-21(34)10-13-24(27)28;23-12-2-5-15-18(8-12)27-19-9-13(24)3-6-16(19)20(15)14-4-1-11(22-10-28)7-17(14)21(25)26;1-4-11-14(12-5-2,13-6-3)9-7-8-10;1-3-2/h8-13,16-18,33H,4-7,14-15H2,1-3H3,(H,35,36)(H2,31,32,41);1-9,23H,(H,25,26);4-10H2,1-3H3;3H,1H3/i;;;3T. The molecule has 466 valence electrons. The van der Waals surface area contributed by atoms with E-state index in [1.165, 1.54) is 65.6 Å². The van der Waals surface area contributed by atoms with Crippen LogP contribution in [0.15, 0.2) is 133 Å². The molecule has 0 bridgehead atoms. The van der Waals surface area contributed by atoms with Crippen LogP contribution >= 0.6 is 46.0 Å². The van der Waals surface area contributed by atoms with Gasteiger partial charge < -0.3 is 72.2 Å². The van der Waals surface area contributed by atoms with E-state index in [0.29, 0.717) is 137 Å². The number of nitrogens with two attached hydrogens (primary N) is 1. The molecule has 2 aliphatic carbocycles. The predicted molar refractivity (Wildman–Crippen MR) is 357 cm³/mol. The molecule has 8 N–H and O–H groups in total. The average Bonchev–Trinajstić information content (AvgIpc) is 0.880. The summed E-state index contributed by atoms with van der Waals surface area (Å²) in [6, 6.07) is 28.8. The van der Waals surface area contributed by atoms with E-state index in [4.69, 9.17) is 53.9 Å². The first-order valence-electron chi connectivity index (χ1n) is 28.1. The second kappa shape index (κ2) is 35.2. The van der Waals surface area contributed by atoms with Crippen molar-refractivity contribution in [2.75, 3.05) is 63.0 Å². The van der Waals surface area contributed by atoms with Crippen LogP contribution in [-0.2, 0) is 26.6 Å². The zero-order chi connectivity index (χ0) is 64.6. The second-order valence-electron chi connectivity index (χ2n) is 18.4. The molecular formula is C61H72FIN4O16S2Si2. The van der Waals surface area contributed by atoms with Gasteiger partial charge in [0.1, 0.15) is 34.2 Å². The number of carbonyl (C=O) groups is 2. The molecule has 0 saturated heterocycles. The maximum absolute atomic E-state index is 12.5. The molecule has 87 heavy (non-hydrogen) atoms. The van der Waals surface area contributed by atoms with Gasteiger partial charge in [-0.05, 0) is 169 Å². The van der Waals surface area contributed by atoms with E-state index in [2.05, 4.69) is 33.0 Å². The molecule has 0 amide bonds. The molecule has 20 nitrogen and oxygen atoms in total. The number of aromatic hydroxyl groups is 2. The molecular weight excluding hydrogens is 1310 g/mol. The molecule has 2 aliphatic heterocycles. The molecule has 8 rings (SSSR count). The minimum atomic E-state index is -2.75. The summed E-state index contributed by atoms with van der Waals surface area (Å²) in [6.45, 7) is 16.3. The number of rotatable bonds is 25. The Bertz CT molecular complexity index is 3730. The van der Waals surface area contributed by atoms with E-state index >= 15 is 0 Å². The van der Waals surface area contributed by atoms with Crippen LogP contribution in [0.1, 0.15) is 75.1 Å². The van der Waals surface area contributed by atoms with Gasteiger partial charge in [-0.25, -0.2) is 9.59 Å². The Kier molecular flexibility index (Phi) is 28.0. The number of fused-ring (bicyclic) bond motifs is 4. The first-order valence-corrected chi connectivity index (χ1v) is 35.4. The summed E-state index contributed by atoms with van der Waals surface area (Å²) in [6.07, 6.45) is 1.60. The van der Waals surface area contributed by atoms with Gasteiger partial charge in [0.25, 0.3) is 0 Å². The molecule has 4 aromatic carbocycles. The first-order chi connectivity index (χ1) is 42.1. The van der Waals surface area contributed by atoms with Gasteiger partial charge in [-0.2, -0.15) is 4.99 Å². The fourth-order valence-electron chi connectivity index (χ4n) is 9.37.